The summed E-state index contributed by atoms with van der Waals surface area (Å²) >= 11 is 0. The van der Waals surface area contributed by atoms with Gasteiger partial charge in [0.15, 0.2) is 0 Å². The van der Waals surface area contributed by atoms with Crippen LogP contribution in [0.15, 0.2) is 48.8 Å². The molecule has 130 valence electrons. The fourth-order valence-electron chi connectivity index (χ4n) is 3.94. The van der Waals surface area contributed by atoms with Crippen molar-refractivity contribution in [3.63, 3.8) is 0 Å². The number of aryl methyl sites for hydroxylation is 1. The topological polar surface area (TPSA) is 29.8 Å². The normalized spacial score (nSPS) is 21.1. The fourth-order valence-corrected chi connectivity index (χ4v) is 3.94. The Balaban J connectivity index is 1.52. The van der Waals surface area contributed by atoms with Gasteiger partial charge in [-0.2, -0.15) is 0 Å². The number of imidazole rings is 1. The molecule has 1 atom stereocenters. The molecule has 0 aliphatic carbocycles. The summed E-state index contributed by atoms with van der Waals surface area (Å²) in [6.07, 6.45) is 5.39. The number of ether oxygens (including phenoxy) is 1. The van der Waals surface area contributed by atoms with E-state index in [9.17, 15) is 0 Å². The summed E-state index contributed by atoms with van der Waals surface area (Å²) in [4.78, 5) is 7.34. The first-order valence-electron chi connectivity index (χ1n) is 8.87. The number of benzene rings is 1. The summed E-state index contributed by atoms with van der Waals surface area (Å²) in [5.41, 5.74) is 4.96. The molecule has 1 aliphatic rings. The van der Waals surface area contributed by atoms with Crippen molar-refractivity contribution in [3.05, 3.63) is 65.6 Å². The van der Waals surface area contributed by atoms with Gasteiger partial charge in [0.2, 0.25) is 0 Å². The Morgan fingerprint density at radius 3 is 2.92 bits per heavy atom. The van der Waals surface area contributed by atoms with E-state index < -0.39 is 0 Å². The zero-order chi connectivity index (χ0) is 17.4. The van der Waals surface area contributed by atoms with Crippen molar-refractivity contribution in [1.29, 1.82) is 0 Å². The van der Waals surface area contributed by atoms with E-state index in [0.717, 1.165) is 43.1 Å². The summed E-state index contributed by atoms with van der Waals surface area (Å²) in [5.74, 6) is 0.938. The van der Waals surface area contributed by atoms with Gasteiger partial charge >= 0.3 is 0 Å². The number of methoxy groups -OCH3 is 1. The fraction of sp³-hybridized carbons (Fsp3) is 0.381. The standard InChI is InChI=1S/C21H25N3O/c1-16-6-5-10-24-14-18(22-20(16)24)13-23-11-9-21(2,15-23)17-7-4-8-19(12-17)25-3/h4-8,10,12,14H,9,11,13,15H2,1-3H3. The first-order valence-corrected chi connectivity index (χ1v) is 8.87. The van der Waals surface area contributed by atoms with Crippen LogP contribution in [0.1, 0.15) is 30.2 Å². The van der Waals surface area contributed by atoms with Crippen molar-refractivity contribution in [1.82, 2.24) is 14.3 Å². The molecule has 0 bridgehead atoms. The third-order valence-electron chi connectivity index (χ3n) is 5.43. The Morgan fingerprint density at radius 2 is 2.12 bits per heavy atom. The molecule has 0 amide bonds. The number of pyridine rings is 1. The molecule has 4 heteroatoms. The zero-order valence-electron chi connectivity index (χ0n) is 15.2. The number of fused-ring (bicyclic) bond motifs is 1. The van der Waals surface area contributed by atoms with E-state index in [4.69, 9.17) is 9.72 Å². The quantitative estimate of drug-likeness (QED) is 0.726. The highest BCUT2D eigenvalue weighted by Gasteiger charge is 2.35. The average Bonchev–Trinajstić information content (AvgIpc) is 3.20. The Kier molecular flexibility index (Phi) is 4.00. The lowest BCUT2D eigenvalue weighted by molar-refractivity contribution is 0.305. The van der Waals surface area contributed by atoms with Crippen molar-refractivity contribution in [3.8, 4) is 5.75 Å². The second-order valence-electron chi connectivity index (χ2n) is 7.41. The second-order valence-corrected chi connectivity index (χ2v) is 7.41. The second kappa shape index (κ2) is 6.19. The van der Waals surface area contributed by atoms with Crippen molar-refractivity contribution in [2.75, 3.05) is 20.2 Å². The molecule has 1 aliphatic heterocycles. The summed E-state index contributed by atoms with van der Waals surface area (Å²) in [6.45, 7) is 7.52. The van der Waals surface area contributed by atoms with Gasteiger partial charge in [-0.3, -0.25) is 4.90 Å². The van der Waals surface area contributed by atoms with Crippen LogP contribution in [0.3, 0.4) is 0 Å². The summed E-state index contributed by atoms with van der Waals surface area (Å²) in [5, 5.41) is 0. The highest BCUT2D eigenvalue weighted by molar-refractivity contribution is 5.47. The maximum atomic E-state index is 5.40. The SMILES string of the molecule is COc1cccc(C2(C)CCN(Cc3cn4cccc(C)c4n3)C2)c1. The van der Waals surface area contributed by atoms with Gasteiger partial charge in [0.1, 0.15) is 11.4 Å². The van der Waals surface area contributed by atoms with Gasteiger partial charge in [0, 0.05) is 30.9 Å². The van der Waals surface area contributed by atoms with E-state index in [1.807, 2.05) is 6.07 Å². The van der Waals surface area contributed by atoms with Crippen LogP contribution >= 0.6 is 0 Å². The van der Waals surface area contributed by atoms with Crippen LogP contribution in [0.2, 0.25) is 0 Å². The smallest absolute Gasteiger partial charge is 0.139 e. The molecule has 0 radical (unpaired) electrons. The Bertz CT molecular complexity index is 901. The number of nitrogens with zero attached hydrogens (tertiary/aromatic N) is 3. The van der Waals surface area contributed by atoms with Crippen LogP contribution in [-0.2, 0) is 12.0 Å². The predicted molar refractivity (Wildman–Crippen MR) is 100 cm³/mol. The van der Waals surface area contributed by atoms with E-state index in [2.05, 4.69) is 65.9 Å². The molecule has 0 spiro atoms. The van der Waals surface area contributed by atoms with E-state index in [0.29, 0.717) is 0 Å². The van der Waals surface area contributed by atoms with Gasteiger partial charge in [0.25, 0.3) is 0 Å². The third-order valence-corrected chi connectivity index (χ3v) is 5.43. The van der Waals surface area contributed by atoms with Gasteiger partial charge in [0.05, 0.1) is 12.8 Å². The maximum absolute atomic E-state index is 5.40. The zero-order valence-corrected chi connectivity index (χ0v) is 15.2. The Labute approximate surface area is 149 Å². The molecule has 25 heavy (non-hydrogen) atoms. The first-order chi connectivity index (χ1) is 12.1. The summed E-state index contributed by atoms with van der Waals surface area (Å²) in [7, 11) is 1.73. The van der Waals surface area contributed by atoms with Crippen LogP contribution in [0.25, 0.3) is 5.65 Å². The monoisotopic (exact) mass is 335 g/mol. The van der Waals surface area contributed by atoms with Crippen LogP contribution in [0, 0.1) is 6.92 Å². The van der Waals surface area contributed by atoms with Gasteiger partial charge in [-0.15, -0.1) is 0 Å². The Hall–Kier alpha value is -2.33. The van der Waals surface area contributed by atoms with Crippen molar-refractivity contribution >= 4 is 5.65 Å². The summed E-state index contributed by atoms with van der Waals surface area (Å²) < 4.78 is 7.53. The highest BCUT2D eigenvalue weighted by atomic mass is 16.5. The van der Waals surface area contributed by atoms with Gasteiger partial charge in [-0.1, -0.05) is 25.1 Å². The molecular formula is C21H25N3O. The number of likely N-dealkylation sites (tertiary alicyclic amines) is 1. The van der Waals surface area contributed by atoms with E-state index in [1.54, 1.807) is 7.11 Å². The molecule has 4 rings (SSSR count). The molecule has 1 unspecified atom stereocenters. The largest absolute Gasteiger partial charge is 0.497 e. The molecule has 3 aromatic rings. The number of rotatable bonds is 4. The van der Waals surface area contributed by atoms with Crippen LogP contribution in [-0.4, -0.2) is 34.5 Å². The van der Waals surface area contributed by atoms with Crippen molar-refractivity contribution in [2.45, 2.75) is 32.2 Å². The highest BCUT2D eigenvalue weighted by Crippen LogP contribution is 2.36. The van der Waals surface area contributed by atoms with E-state index in [-0.39, 0.29) is 5.41 Å². The average molecular weight is 335 g/mol. The van der Waals surface area contributed by atoms with Crippen molar-refractivity contribution < 1.29 is 4.74 Å². The number of hydrogen-bond donors (Lipinski definition) is 0. The predicted octanol–water partition coefficient (Wildman–Crippen LogP) is 3.81. The van der Waals surface area contributed by atoms with Gasteiger partial charge < -0.3 is 9.14 Å². The van der Waals surface area contributed by atoms with E-state index in [1.165, 1.54) is 11.1 Å². The molecule has 0 N–H and O–H groups in total. The number of aromatic nitrogens is 2. The molecule has 1 saturated heterocycles. The lowest BCUT2D eigenvalue weighted by Gasteiger charge is -2.25. The number of hydrogen-bond acceptors (Lipinski definition) is 3. The molecular weight excluding hydrogens is 310 g/mol. The molecule has 2 aromatic heterocycles. The minimum absolute atomic E-state index is 0.170. The maximum Gasteiger partial charge on any atom is 0.139 e. The first kappa shape index (κ1) is 16.2. The van der Waals surface area contributed by atoms with Crippen molar-refractivity contribution in [2.24, 2.45) is 0 Å². The van der Waals surface area contributed by atoms with E-state index >= 15 is 0 Å². The lowest BCUT2D eigenvalue weighted by Crippen LogP contribution is -2.28. The van der Waals surface area contributed by atoms with Gasteiger partial charge in [-0.25, -0.2) is 4.98 Å². The molecule has 1 fully saturated rings. The van der Waals surface area contributed by atoms with Gasteiger partial charge in [-0.05, 0) is 49.2 Å². The molecule has 1 aromatic carbocycles. The Morgan fingerprint density at radius 1 is 1.24 bits per heavy atom. The van der Waals surface area contributed by atoms with Crippen LogP contribution in [0.4, 0.5) is 0 Å². The van der Waals surface area contributed by atoms with Crippen LogP contribution < -0.4 is 4.74 Å². The third kappa shape index (κ3) is 3.02. The molecule has 3 heterocycles. The minimum atomic E-state index is 0.170. The molecule has 4 nitrogen and oxygen atoms in total. The molecule has 0 saturated carbocycles. The minimum Gasteiger partial charge on any atom is -0.497 e. The summed E-state index contributed by atoms with van der Waals surface area (Å²) in [6, 6.07) is 12.7. The lowest BCUT2D eigenvalue weighted by atomic mass is 9.82. The van der Waals surface area contributed by atoms with Crippen LogP contribution in [0.5, 0.6) is 5.75 Å².